The monoisotopic (exact) mass is 439 g/mol. The lowest BCUT2D eigenvalue weighted by Gasteiger charge is -2.16. The Balaban J connectivity index is 1.45. The topological polar surface area (TPSA) is 105 Å². The number of nitrogens with zero attached hydrogens (tertiary/aromatic N) is 5. The van der Waals surface area contributed by atoms with E-state index < -0.39 is 11.9 Å². The summed E-state index contributed by atoms with van der Waals surface area (Å²) in [5, 5.41) is 9.88. The molecule has 4 rings (SSSR count). The highest BCUT2D eigenvalue weighted by Gasteiger charge is 2.20. The number of halogens is 1. The zero-order valence-electron chi connectivity index (χ0n) is 17.0. The van der Waals surface area contributed by atoms with Crippen LogP contribution in [0.1, 0.15) is 36.3 Å². The first-order chi connectivity index (χ1) is 15.0. The lowest BCUT2D eigenvalue weighted by molar-refractivity contribution is -0.119. The van der Waals surface area contributed by atoms with E-state index in [0.717, 1.165) is 25.9 Å². The highest BCUT2D eigenvalue weighted by molar-refractivity contribution is 6.34. The van der Waals surface area contributed by atoms with Gasteiger partial charge in [0.25, 0.3) is 5.91 Å². The van der Waals surface area contributed by atoms with E-state index >= 15 is 0 Å². The van der Waals surface area contributed by atoms with Crippen LogP contribution >= 0.6 is 11.6 Å². The Bertz CT molecular complexity index is 1080. The number of hydrogen-bond donors (Lipinski definition) is 2. The Morgan fingerprint density at radius 2 is 1.87 bits per heavy atom. The van der Waals surface area contributed by atoms with Gasteiger partial charge in [0, 0.05) is 36.9 Å². The Hall–Kier alpha value is -3.46. The molecule has 0 aliphatic carbocycles. The third-order valence-corrected chi connectivity index (χ3v) is 5.30. The zero-order valence-corrected chi connectivity index (χ0v) is 17.7. The molecule has 0 bridgehead atoms. The van der Waals surface area contributed by atoms with E-state index in [1.165, 1.54) is 6.20 Å². The van der Waals surface area contributed by atoms with Crippen molar-refractivity contribution in [1.29, 1.82) is 0 Å². The van der Waals surface area contributed by atoms with Gasteiger partial charge < -0.3 is 15.5 Å². The van der Waals surface area contributed by atoms with E-state index in [1.807, 2.05) is 4.90 Å². The maximum atomic E-state index is 12.8. The van der Waals surface area contributed by atoms with Gasteiger partial charge in [-0.1, -0.05) is 17.7 Å². The molecule has 0 radical (unpaired) electrons. The fourth-order valence-corrected chi connectivity index (χ4v) is 3.50. The van der Waals surface area contributed by atoms with E-state index in [4.69, 9.17) is 11.6 Å². The summed E-state index contributed by atoms with van der Waals surface area (Å²) < 4.78 is 1.57. The summed E-state index contributed by atoms with van der Waals surface area (Å²) in [5.41, 5.74) is 1.17. The normalized spacial score (nSPS) is 14.3. The first-order valence-electron chi connectivity index (χ1n) is 10.00. The molecule has 2 aromatic heterocycles. The molecule has 1 fully saturated rings. The van der Waals surface area contributed by atoms with E-state index in [-0.39, 0.29) is 16.6 Å². The third kappa shape index (κ3) is 4.83. The van der Waals surface area contributed by atoms with Gasteiger partial charge in [-0.25, -0.2) is 9.97 Å². The zero-order chi connectivity index (χ0) is 21.8. The fraction of sp³-hybridized carbons (Fsp3) is 0.286. The summed E-state index contributed by atoms with van der Waals surface area (Å²) >= 11 is 6.18. The number of aromatic nitrogens is 4. The van der Waals surface area contributed by atoms with Gasteiger partial charge in [0.15, 0.2) is 5.69 Å². The second-order valence-electron chi connectivity index (χ2n) is 7.25. The molecule has 0 spiro atoms. The van der Waals surface area contributed by atoms with Crippen LogP contribution < -0.4 is 15.5 Å². The molecule has 1 aliphatic heterocycles. The van der Waals surface area contributed by atoms with Crippen molar-refractivity contribution in [3.8, 4) is 0 Å². The van der Waals surface area contributed by atoms with Crippen molar-refractivity contribution < 1.29 is 9.59 Å². The number of anilines is 3. The van der Waals surface area contributed by atoms with Gasteiger partial charge in [-0.3, -0.25) is 14.3 Å². The molecule has 10 heteroatoms. The van der Waals surface area contributed by atoms with Crippen LogP contribution in [0.2, 0.25) is 5.02 Å². The van der Waals surface area contributed by atoms with Crippen molar-refractivity contribution in [3.63, 3.8) is 0 Å². The molecular formula is C21H22ClN7O2. The summed E-state index contributed by atoms with van der Waals surface area (Å²) in [7, 11) is 0. The van der Waals surface area contributed by atoms with E-state index in [1.54, 1.807) is 54.3 Å². The summed E-state index contributed by atoms with van der Waals surface area (Å²) in [4.78, 5) is 35.9. The smallest absolute Gasteiger partial charge is 0.276 e. The second-order valence-corrected chi connectivity index (χ2v) is 7.65. The molecule has 0 unspecified atom stereocenters. The second kappa shape index (κ2) is 9.13. The molecule has 0 saturated carbocycles. The highest BCUT2D eigenvalue weighted by Crippen LogP contribution is 2.22. The van der Waals surface area contributed by atoms with Gasteiger partial charge in [0.05, 0.1) is 11.2 Å². The third-order valence-electron chi connectivity index (χ3n) is 5.02. The molecule has 2 N–H and O–H groups in total. The van der Waals surface area contributed by atoms with Gasteiger partial charge >= 0.3 is 0 Å². The molecule has 2 amide bonds. The van der Waals surface area contributed by atoms with Crippen LogP contribution in [0.4, 0.5) is 17.3 Å². The number of nitrogens with one attached hydrogen (secondary N) is 2. The Morgan fingerprint density at radius 3 is 2.58 bits per heavy atom. The van der Waals surface area contributed by atoms with Crippen LogP contribution in [0.25, 0.3) is 0 Å². The van der Waals surface area contributed by atoms with Crippen molar-refractivity contribution in [2.75, 3.05) is 28.6 Å². The molecule has 160 valence electrons. The number of carbonyl (C=O) groups excluding carboxylic acids is 2. The van der Waals surface area contributed by atoms with Crippen molar-refractivity contribution >= 4 is 40.7 Å². The van der Waals surface area contributed by atoms with Crippen LogP contribution in [0.5, 0.6) is 0 Å². The number of hydrogen-bond acceptors (Lipinski definition) is 6. The van der Waals surface area contributed by atoms with Crippen molar-refractivity contribution in [2.24, 2.45) is 0 Å². The lowest BCUT2D eigenvalue weighted by Crippen LogP contribution is -2.24. The first kappa shape index (κ1) is 20.8. The summed E-state index contributed by atoms with van der Waals surface area (Å²) in [6, 6.07) is 8.15. The molecule has 31 heavy (non-hydrogen) atoms. The Morgan fingerprint density at radius 1 is 1.13 bits per heavy atom. The molecular weight excluding hydrogens is 418 g/mol. The Labute approximate surface area is 184 Å². The highest BCUT2D eigenvalue weighted by atomic mass is 35.5. The summed E-state index contributed by atoms with van der Waals surface area (Å²) in [5.74, 6) is -0.164. The van der Waals surface area contributed by atoms with Gasteiger partial charge in [-0.15, -0.1) is 0 Å². The van der Waals surface area contributed by atoms with Crippen LogP contribution in [-0.2, 0) is 4.79 Å². The quantitative estimate of drug-likeness (QED) is 0.610. The molecule has 3 aromatic rings. The molecule has 1 aliphatic rings. The number of carbonyl (C=O) groups is 2. The predicted molar refractivity (Wildman–Crippen MR) is 118 cm³/mol. The van der Waals surface area contributed by atoms with Crippen LogP contribution in [0.15, 0.2) is 48.9 Å². The predicted octanol–water partition coefficient (Wildman–Crippen LogP) is 3.38. The van der Waals surface area contributed by atoms with E-state index in [2.05, 4.69) is 25.7 Å². The van der Waals surface area contributed by atoms with Gasteiger partial charge in [0.1, 0.15) is 6.04 Å². The van der Waals surface area contributed by atoms with Crippen molar-refractivity contribution in [1.82, 2.24) is 19.7 Å². The van der Waals surface area contributed by atoms with E-state index in [9.17, 15) is 9.59 Å². The van der Waals surface area contributed by atoms with Crippen LogP contribution in [0, 0.1) is 0 Å². The first-order valence-corrected chi connectivity index (χ1v) is 10.4. The average molecular weight is 440 g/mol. The van der Waals surface area contributed by atoms with Crippen molar-refractivity contribution in [3.05, 3.63) is 59.6 Å². The molecule has 9 nitrogen and oxygen atoms in total. The minimum Gasteiger partial charge on any atom is -0.341 e. The summed E-state index contributed by atoms with van der Waals surface area (Å²) in [6.07, 6.45) is 6.94. The van der Waals surface area contributed by atoms with Crippen molar-refractivity contribution in [2.45, 2.75) is 25.8 Å². The van der Waals surface area contributed by atoms with Gasteiger partial charge in [0.2, 0.25) is 11.9 Å². The molecule has 1 aromatic carbocycles. The maximum absolute atomic E-state index is 12.8. The van der Waals surface area contributed by atoms with E-state index in [0.29, 0.717) is 17.3 Å². The number of amides is 2. The minimum atomic E-state index is -0.475. The number of benzene rings is 1. The SMILES string of the molecule is C[C@@H](C(=O)Nc1cccc(NC(=O)c2nc(N3CCCC3)ncc2Cl)c1)n1cccn1. The average Bonchev–Trinajstić information content (AvgIpc) is 3.48. The number of rotatable bonds is 6. The standard InChI is InChI=1S/C21H22ClN7O2/c1-14(29-11-5-8-24-29)19(30)25-15-6-4-7-16(12-15)26-20(31)18-17(22)13-23-21(27-18)28-9-2-3-10-28/h4-8,11-14H,2-3,9-10H2,1H3,(H,25,30)(H,26,31)/t14-/m0/s1. The molecule has 3 heterocycles. The molecule has 1 saturated heterocycles. The maximum Gasteiger partial charge on any atom is 0.276 e. The van der Waals surface area contributed by atoms with Gasteiger partial charge in [-0.2, -0.15) is 5.10 Å². The fourth-order valence-electron chi connectivity index (χ4n) is 3.33. The van der Waals surface area contributed by atoms with Crippen LogP contribution in [-0.4, -0.2) is 44.7 Å². The van der Waals surface area contributed by atoms with Gasteiger partial charge in [-0.05, 0) is 44.0 Å². The van der Waals surface area contributed by atoms with Crippen LogP contribution in [0.3, 0.4) is 0 Å². The lowest BCUT2D eigenvalue weighted by atomic mass is 10.2. The molecule has 1 atom stereocenters. The minimum absolute atomic E-state index is 0.111. The Kier molecular flexibility index (Phi) is 6.13. The largest absolute Gasteiger partial charge is 0.341 e. The summed E-state index contributed by atoms with van der Waals surface area (Å²) in [6.45, 7) is 3.48.